The predicted molar refractivity (Wildman–Crippen MR) is 47.3 cm³/mol. The summed E-state index contributed by atoms with van der Waals surface area (Å²) in [6, 6.07) is 0. The molecule has 0 aromatic carbocycles. The van der Waals surface area contributed by atoms with Gasteiger partial charge in [-0.2, -0.15) is 0 Å². The van der Waals surface area contributed by atoms with Gasteiger partial charge in [0.25, 0.3) is 0 Å². The van der Waals surface area contributed by atoms with Crippen molar-refractivity contribution in [3.8, 4) is 0 Å². The zero-order chi connectivity index (χ0) is 9.40. The summed E-state index contributed by atoms with van der Waals surface area (Å²) in [5.74, 6) is 0. The van der Waals surface area contributed by atoms with Crippen LogP contribution in [0.2, 0.25) is 0 Å². The Kier molecular flexibility index (Phi) is 7.39. The summed E-state index contributed by atoms with van der Waals surface area (Å²) in [4.78, 5) is 2.01. The molecule has 0 aliphatic heterocycles. The van der Waals surface area contributed by atoms with Crippen LogP contribution in [-0.4, -0.2) is 63.7 Å². The number of hydrogen-bond acceptors (Lipinski definition) is 4. The molecule has 1 N–H and O–H groups in total. The molecule has 0 rings (SSSR count). The molecular formula is C8H19NO3. The Morgan fingerprint density at radius 2 is 2.00 bits per heavy atom. The molecule has 12 heavy (non-hydrogen) atoms. The van der Waals surface area contributed by atoms with E-state index in [9.17, 15) is 5.11 Å². The first kappa shape index (κ1) is 11.8. The van der Waals surface area contributed by atoms with Gasteiger partial charge >= 0.3 is 0 Å². The Hall–Kier alpha value is -0.160. The molecule has 74 valence electrons. The number of aliphatic hydroxyl groups excluding tert-OH is 1. The SMILES string of the molecule is COCCN(C)CC(O)COC. The van der Waals surface area contributed by atoms with Crippen LogP contribution in [0.1, 0.15) is 0 Å². The fraction of sp³-hybridized carbons (Fsp3) is 1.00. The van der Waals surface area contributed by atoms with E-state index in [0.29, 0.717) is 19.8 Å². The lowest BCUT2D eigenvalue weighted by Gasteiger charge is -2.19. The topological polar surface area (TPSA) is 41.9 Å². The maximum Gasteiger partial charge on any atom is 0.0899 e. The maximum atomic E-state index is 9.31. The van der Waals surface area contributed by atoms with Crippen LogP contribution >= 0.6 is 0 Å². The largest absolute Gasteiger partial charge is 0.389 e. The van der Waals surface area contributed by atoms with Crippen molar-refractivity contribution in [2.45, 2.75) is 6.10 Å². The van der Waals surface area contributed by atoms with Crippen molar-refractivity contribution in [2.75, 3.05) is 47.6 Å². The number of methoxy groups -OCH3 is 2. The third kappa shape index (κ3) is 6.54. The highest BCUT2D eigenvalue weighted by atomic mass is 16.5. The van der Waals surface area contributed by atoms with Gasteiger partial charge in [-0.15, -0.1) is 0 Å². The normalized spacial score (nSPS) is 13.8. The monoisotopic (exact) mass is 177 g/mol. The van der Waals surface area contributed by atoms with Crippen LogP contribution in [0, 0.1) is 0 Å². The molecule has 0 aromatic rings. The van der Waals surface area contributed by atoms with Crippen molar-refractivity contribution < 1.29 is 14.6 Å². The van der Waals surface area contributed by atoms with E-state index in [1.807, 2.05) is 11.9 Å². The van der Waals surface area contributed by atoms with Crippen molar-refractivity contribution in [3.63, 3.8) is 0 Å². The van der Waals surface area contributed by atoms with Gasteiger partial charge in [-0.1, -0.05) is 0 Å². The van der Waals surface area contributed by atoms with E-state index < -0.39 is 6.10 Å². The fourth-order valence-corrected chi connectivity index (χ4v) is 0.943. The Morgan fingerprint density at radius 1 is 1.33 bits per heavy atom. The summed E-state index contributed by atoms with van der Waals surface area (Å²) in [5.41, 5.74) is 0. The maximum absolute atomic E-state index is 9.31. The Balaban J connectivity index is 3.33. The standard InChI is InChI=1S/C8H19NO3/c1-9(4-5-11-2)6-8(10)7-12-3/h8,10H,4-7H2,1-3H3. The van der Waals surface area contributed by atoms with E-state index >= 15 is 0 Å². The van der Waals surface area contributed by atoms with Gasteiger partial charge in [0.05, 0.1) is 19.3 Å². The third-order valence-corrected chi connectivity index (χ3v) is 1.56. The van der Waals surface area contributed by atoms with E-state index in [0.717, 1.165) is 6.54 Å². The minimum atomic E-state index is -0.406. The second kappa shape index (κ2) is 7.49. The van der Waals surface area contributed by atoms with Gasteiger partial charge in [-0.25, -0.2) is 0 Å². The minimum Gasteiger partial charge on any atom is -0.389 e. The van der Waals surface area contributed by atoms with Crippen LogP contribution in [0.25, 0.3) is 0 Å². The molecule has 4 nitrogen and oxygen atoms in total. The summed E-state index contributed by atoms with van der Waals surface area (Å²) in [7, 11) is 5.19. The number of aliphatic hydroxyl groups is 1. The molecule has 0 aromatic heterocycles. The average Bonchev–Trinajstić information content (AvgIpc) is 2.01. The third-order valence-electron chi connectivity index (χ3n) is 1.56. The van der Waals surface area contributed by atoms with E-state index in [2.05, 4.69) is 0 Å². The van der Waals surface area contributed by atoms with Crippen LogP contribution in [0.4, 0.5) is 0 Å². The first-order valence-corrected chi connectivity index (χ1v) is 4.05. The lowest BCUT2D eigenvalue weighted by Crippen LogP contribution is -2.33. The molecular weight excluding hydrogens is 158 g/mol. The average molecular weight is 177 g/mol. The summed E-state index contributed by atoms with van der Waals surface area (Å²) in [6.45, 7) is 2.53. The molecule has 0 spiro atoms. The van der Waals surface area contributed by atoms with Crippen LogP contribution < -0.4 is 0 Å². The lowest BCUT2D eigenvalue weighted by molar-refractivity contribution is 0.0381. The van der Waals surface area contributed by atoms with E-state index in [4.69, 9.17) is 9.47 Å². The molecule has 4 heteroatoms. The molecule has 0 saturated carbocycles. The van der Waals surface area contributed by atoms with Gasteiger partial charge in [-0.05, 0) is 7.05 Å². The van der Waals surface area contributed by atoms with Gasteiger partial charge in [0.15, 0.2) is 0 Å². The number of hydrogen-bond donors (Lipinski definition) is 1. The summed E-state index contributed by atoms with van der Waals surface area (Å²) < 4.78 is 9.70. The summed E-state index contributed by atoms with van der Waals surface area (Å²) >= 11 is 0. The predicted octanol–water partition coefficient (Wildman–Crippen LogP) is -0.428. The highest BCUT2D eigenvalue weighted by Gasteiger charge is 2.06. The van der Waals surface area contributed by atoms with Gasteiger partial charge in [0.1, 0.15) is 0 Å². The quantitative estimate of drug-likeness (QED) is 0.573. The molecule has 0 aliphatic rings. The number of rotatable bonds is 7. The molecule has 1 atom stereocenters. The van der Waals surface area contributed by atoms with E-state index in [1.165, 1.54) is 0 Å². The van der Waals surface area contributed by atoms with Gasteiger partial charge in [-0.3, -0.25) is 0 Å². The van der Waals surface area contributed by atoms with Crippen LogP contribution in [0.3, 0.4) is 0 Å². The van der Waals surface area contributed by atoms with E-state index in [-0.39, 0.29) is 0 Å². The van der Waals surface area contributed by atoms with Gasteiger partial charge in [0, 0.05) is 27.3 Å². The first-order chi connectivity index (χ1) is 5.70. The number of ether oxygens (including phenoxy) is 2. The minimum absolute atomic E-state index is 0.386. The highest BCUT2D eigenvalue weighted by Crippen LogP contribution is 1.89. The summed E-state index contributed by atoms with van der Waals surface area (Å²) in [6.07, 6.45) is -0.406. The van der Waals surface area contributed by atoms with Crippen LogP contribution in [-0.2, 0) is 9.47 Å². The van der Waals surface area contributed by atoms with Crippen molar-refractivity contribution in [1.82, 2.24) is 4.90 Å². The highest BCUT2D eigenvalue weighted by molar-refractivity contribution is 4.59. The van der Waals surface area contributed by atoms with Gasteiger partial charge < -0.3 is 19.5 Å². The van der Waals surface area contributed by atoms with Crippen LogP contribution in [0.15, 0.2) is 0 Å². The Labute approximate surface area is 74.1 Å². The molecule has 0 aliphatic carbocycles. The van der Waals surface area contributed by atoms with Crippen LogP contribution in [0.5, 0.6) is 0 Å². The molecule has 0 saturated heterocycles. The molecule has 0 heterocycles. The lowest BCUT2D eigenvalue weighted by atomic mass is 10.3. The molecule has 0 fully saturated rings. The Morgan fingerprint density at radius 3 is 2.50 bits per heavy atom. The van der Waals surface area contributed by atoms with E-state index in [1.54, 1.807) is 14.2 Å². The molecule has 0 radical (unpaired) electrons. The molecule has 0 amide bonds. The number of nitrogens with zero attached hydrogens (tertiary/aromatic N) is 1. The number of likely N-dealkylation sites (N-methyl/N-ethyl adjacent to an activating group) is 1. The molecule has 1 unspecified atom stereocenters. The second-order valence-electron chi connectivity index (χ2n) is 2.86. The second-order valence-corrected chi connectivity index (χ2v) is 2.86. The summed E-state index contributed by atoms with van der Waals surface area (Å²) in [5, 5.41) is 9.31. The zero-order valence-electron chi connectivity index (χ0n) is 8.12. The van der Waals surface area contributed by atoms with Crippen molar-refractivity contribution in [1.29, 1.82) is 0 Å². The first-order valence-electron chi connectivity index (χ1n) is 4.05. The fourth-order valence-electron chi connectivity index (χ4n) is 0.943. The smallest absolute Gasteiger partial charge is 0.0899 e. The van der Waals surface area contributed by atoms with Gasteiger partial charge in [0.2, 0.25) is 0 Å². The zero-order valence-corrected chi connectivity index (χ0v) is 8.12. The van der Waals surface area contributed by atoms with Crippen molar-refractivity contribution in [3.05, 3.63) is 0 Å². The van der Waals surface area contributed by atoms with Crippen molar-refractivity contribution in [2.24, 2.45) is 0 Å². The Bertz CT molecular complexity index is 100. The molecule has 0 bridgehead atoms. The van der Waals surface area contributed by atoms with Crippen molar-refractivity contribution >= 4 is 0 Å².